The third-order valence-corrected chi connectivity index (χ3v) is 1.43. The van der Waals surface area contributed by atoms with Crippen LogP contribution < -0.4 is 17.2 Å². The van der Waals surface area contributed by atoms with E-state index in [-0.39, 0.29) is 17.5 Å². The van der Waals surface area contributed by atoms with Crippen LogP contribution in [0.4, 0.5) is 0 Å². The summed E-state index contributed by atoms with van der Waals surface area (Å²) in [5.74, 6) is -1.14. The van der Waals surface area contributed by atoms with E-state index in [2.05, 4.69) is 5.73 Å². The minimum atomic E-state index is -0.571. The van der Waals surface area contributed by atoms with E-state index in [9.17, 15) is 9.59 Å². The molecule has 0 saturated heterocycles. The summed E-state index contributed by atoms with van der Waals surface area (Å²) in [6.07, 6.45) is 0.250. The fourth-order valence-corrected chi connectivity index (χ4v) is 0.826. The highest BCUT2D eigenvalue weighted by Crippen LogP contribution is 2.03. The molecule has 6 N–H and O–H groups in total. The van der Waals surface area contributed by atoms with Crippen molar-refractivity contribution in [3.8, 4) is 0 Å². The Morgan fingerprint density at radius 2 is 1.40 bits per heavy atom. The van der Waals surface area contributed by atoms with E-state index in [1.165, 1.54) is 18.2 Å². The first-order valence-electron chi connectivity index (χ1n) is 3.88. The third-order valence-electron chi connectivity index (χ3n) is 1.43. The second-order valence-corrected chi connectivity index (χ2v) is 2.45. The van der Waals surface area contributed by atoms with E-state index in [0.717, 1.165) is 0 Å². The zero-order valence-corrected chi connectivity index (χ0v) is 7.84. The molecule has 1 aromatic rings. The van der Waals surface area contributed by atoms with Gasteiger partial charge < -0.3 is 17.2 Å². The van der Waals surface area contributed by atoms with Gasteiger partial charge >= 0.3 is 0 Å². The molecule has 0 unspecified atom stereocenters. The van der Waals surface area contributed by atoms with Gasteiger partial charge in [0.25, 0.3) is 0 Å². The molecule has 0 saturated carbocycles. The number of hydrogen-bond acceptors (Lipinski definition) is 3. The van der Waals surface area contributed by atoms with Crippen LogP contribution in [-0.2, 0) is 4.79 Å². The Morgan fingerprint density at radius 1 is 1.07 bits per heavy atom. The van der Waals surface area contributed by atoms with Gasteiger partial charge in [-0.2, -0.15) is 0 Å². The smallest absolute Gasteiger partial charge is 0.248 e. The van der Waals surface area contributed by atoms with Crippen LogP contribution in [0.15, 0.2) is 24.3 Å². The summed E-state index contributed by atoms with van der Waals surface area (Å²) in [4.78, 5) is 29.9. The van der Waals surface area contributed by atoms with Gasteiger partial charge in [0, 0.05) is 11.1 Å². The average Bonchev–Trinajstić information content (AvgIpc) is 2.19. The Morgan fingerprint density at radius 3 is 1.67 bits per heavy atom. The van der Waals surface area contributed by atoms with Crippen molar-refractivity contribution < 1.29 is 14.4 Å². The Bertz CT molecular complexity index is 347. The van der Waals surface area contributed by atoms with Crippen LogP contribution in [0.2, 0.25) is 0 Å². The number of carbonyl (C=O) groups excluding carboxylic acids is 3. The second kappa shape index (κ2) is 6.14. The van der Waals surface area contributed by atoms with Crippen molar-refractivity contribution in [2.24, 2.45) is 17.2 Å². The Balaban J connectivity index is 0.000000583. The van der Waals surface area contributed by atoms with Crippen molar-refractivity contribution in [1.29, 1.82) is 0 Å². The average molecular weight is 209 g/mol. The Kier molecular flexibility index (Phi) is 5.17. The molecule has 80 valence electrons. The lowest BCUT2D eigenvalue weighted by atomic mass is 10.1. The molecule has 0 aliphatic heterocycles. The quantitative estimate of drug-likeness (QED) is 0.539. The van der Waals surface area contributed by atoms with Gasteiger partial charge in [-0.25, -0.2) is 0 Å². The van der Waals surface area contributed by atoms with Crippen molar-refractivity contribution in [2.45, 2.75) is 0 Å². The summed E-state index contributed by atoms with van der Waals surface area (Å²) in [6, 6.07) is 5.97. The first kappa shape index (κ1) is 12.6. The number of nitrogens with two attached hydrogens (primary N) is 3. The molecule has 6 heteroatoms. The third kappa shape index (κ3) is 4.41. The van der Waals surface area contributed by atoms with E-state index in [0.29, 0.717) is 0 Å². The molecule has 0 aliphatic carbocycles. The molecule has 0 fully saturated rings. The molecule has 1 rings (SSSR count). The lowest BCUT2D eigenvalue weighted by molar-refractivity contribution is -0.106. The summed E-state index contributed by atoms with van der Waals surface area (Å²) in [7, 11) is 0. The van der Waals surface area contributed by atoms with Crippen LogP contribution in [0.1, 0.15) is 20.7 Å². The molecule has 6 nitrogen and oxygen atoms in total. The predicted octanol–water partition coefficient (Wildman–Crippen LogP) is -1.01. The summed E-state index contributed by atoms with van der Waals surface area (Å²) >= 11 is 0. The van der Waals surface area contributed by atoms with E-state index >= 15 is 0 Å². The monoisotopic (exact) mass is 209 g/mol. The minimum absolute atomic E-state index is 0.250. The van der Waals surface area contributed by atoms with Gasteiger partial charge in [-0.3, -0.25) is 14.4 Å². The lowest BCUT2D eigenvalue weighted by Crippen LogP contribution is -2.14. The van der Waals surface area contributed by atoms with Crippen LogP contribution >= 0.6 is 0 Å². The van der Waals surface area contributed by atoms with Gasteiger partial charge in [0.15, 0.2) is 0 Å². The second-order valence-electron chi connectivity index (χ2n) is 2.45. The van der Waals surface area contributed by atoms with Crippen LogP contribution in [-0.4, -0.2) is 18.2 Å². The fraction of sp³-hybridized carbons (Fsp3) is 0. The maximum absolute atomic E-state index is 10.6. The molecule has 0 bridgehead atoms. The van der Waals surface area contributed by atoms with Crippen LogP contribution in [0.25, 0.3) is 0 Å². The molecular weight excluding hydrogens is 198 g/mol. The molecule has 3 amide bonds. The zero-order valence-electron chi connectivity index (χ0n) is 7.84. The summed E-state index contributed by atoms with van der Waals surface area (Å²) in [6.45, 7) is 0. The van der Waals surface area contributed by atoms with Gasteiger partial charge in [-0.15, -0.1) is 0 Å². The van der Waals surface area contributed by atoms with Crippen molar-refractivity contribution in [3.05, 3.63) is 35.4 Å². The normalized spacial score (nSPS) is 8.27. The molecular formula is C9H11N3O3. The number of amides is 3. The first-order valence-corrected chi connectivity index (χ1v) is 3.88. The van der Waals surface area contributed by atoms with Crippen molar-refractivity contribution in [1.82, 2.24) is 0 Å². The fourth-order valence-electron chi connectivity index (χ4n) is 0.826. The van der Waals surface area contributed by atoms with Gasteiger partial charge in [0.1, 0.15) is 0 Å². The number of carbonyl (C=O) groups is 3. The summed E-state index contributed by atoms with van der Waals surface area (Å²) in [5.41, 5.74) is 14.7. The topological polar surface area (TPSA) is 129 Å². The van der Waals surface area contributed by atoms with E-state index in [4.69, 9.17) is 16.3 Å². The molecule has 0 radical (unpaired) electrons. The van der Waals surface area contributed by atoms with Gasteiger partial charge in [0.2, 0.25) is 18.2 Å². The van der Waals surface area contributed by atoms with Crippen LogP contribution in [0, 0.1) is 0 Å². The maximum Gasteiger partial charge on any atom is 0.248 e. The highest BCUT2D eigenvalue weighted by Gasteiger charge is 2.03. The molecule has 0 heterocycles. The Labute approximate surface area is 86.0 Å². The van der Waals surface area contributed by atoms with Gasteiger partial charge in [-0.05, 0) is 18.2 Å². The van der Waals surface area contributed by atoms with Gasteiger partial charge in [0.05, 0.1) is 0 Å². The highest BCUT2D eigenvalue weighted by atomic mass is 16.1. The van der Waals surface area contributed by atoms with Crippen molar-refractivity contribution in [3.63, 3.8) is 0 Å². The summed E-state index contributed by atoms with van der Waals surface area (Å²) in [5, 5.41) is 0. The minimum Gasteiger partial charge on any atom is -0.372 e. The molecule has 0 spiro atoms. The number of benzene rings is 1. The van der Waals surface area contributed by atoms with Crippen LogP contribution in [0.3, 0.4) is 0 Å². The molecule has 0 atom stereocenters. The molecule has 1 aromatic carbocycles. The standard InChI is InChI=1S/C8H8N2O2.CH3NO/c9-7(11)5-2-1-3-6(4-5)8(10)12;2-1-3/h1-4H,(H2,9,11)(H2,10,12);1H,(H2,2,3). The molecule has 0 aromatic heterocycles. The van der Waals surface area contributed by atoms with Crippen LogP contribution in [0.5, 0.6) is 0 Å². The van der Waals surface area contributed by atoms with E-state index in [1.54, 1.807) is 6.07 Å². The van der Waals surface area contributed by atoms with Crippen molar-refractivity contribution >= 4 is 18.2 Å². The predicted molar refractivity (Wildman–Crippen MR) is 53.7 cm³/mol. The number of primary amides is 3. The van der Waals surface area contributed by atoms with E-state index < -0.39 is 11.8 Å². The first-order chi connectivity index (χ1) is 7.02. The lowest BCUT2D eigenvalue weighted by Gasteiger charge is -1.97. The van der Waals surface area contributed by atoms with Crippen molar-refractivity contribution in [2.75, 3.05) is 0 Å². The SMILES string of the molecule is NC(=O)c1cccc(C(N)=O)c1.NC=O. The zero-order chi connectivity index (χ0) is 11.8. The summed E-state index contributed by atoms with van der Waals surface area (Å²) < 4.78 is 0. The number of hydrogen-bond donors (Lipinski definition) is 3. The van der Waals surface area contributed by atoms with E-state index in [1.807, 2.05) is 0 Å². The Hall–Kier alpha value is -2.37. The maximum atomic E-state index is 10.6. The number of rotatable bonds is 2. The largest absolute Gasteiger partial charge is 0.372 e. The highest BCUT2D eigenvalue weighted by molar-refractivity contribution is 5.98. The molecule has 15 heavy (non-hydrogen) atoms. The molecule has 0 aliphatic rings. The van der Waals surface area contributed by atoms with Gasteiger partial charge in [-0.1, -0.05) is 6.07 Å².